The van der Waals surface area contributed by atoms with Gasteiger partial charge in [-0.15, -0.1) is 12.4 Å². The minimum Gasteiger partial charge on any atom is -0.352 e. The van der Waals surface area contributed by atoms with Crippen LogP contribution in [0.25, 0.3) is 0 Å². The molecule has 0 radical (unpaired) electrons. The Labute approximate surface area is 133 Å². The van der Waals surface area contributed by atoms with Gasteiger partial charge in [0.2, 0.25) is 15.9 Å². The van der Waals surface area contributed by atoms with E-state index in [1.165, 1.54) is 4.31 Å². The first-order chi connectivity index (χ1) is 9.37. The van der Waals surface area contributed by atoms with Crippen LogP contribution in [0.15, 0.2) is 0 Å². The summed E-state index contributed by atoms with van der Waals surface area (Å²) in [4.78, 5) is 12.2. The predicted octanol–water partition coefficient (Wildman–Crippen LogP) is 0.610. The molecule has 0 atom stereocenters. The van der Waals surface area contributed by atoms with Crippen LogP contribution in [-0.2, 0) is 14.8 Å². The third kappa shape index (κ3) is 4.31. The first-order valence-electron chi connectivity index (χ1n) is 7.45. The van der Waals surface area contributed by atoms with Gasteiger partial charge in [-0.1, -0.05) is 12.8 Å². The minimum atomic E-state index is -3.10. The fourth-order valence-electron chi connectivity index (χ4n) is 3.02. The molecule has 1 amide bonds. The standard InChI is InChI=1S/C13H25N3O3S.ClH/c1-2-20(18,19)16-9-5-11(6-10-16)15-12(17)13(14)7-3-4-8-13;/h11H,2-10,14H2,1H3,(H,15,17);1H. The van der Waals surface area contributed by atoms with Gasteiger partial charge in [-0.05, 0) is 32.6 Å². The maximum Gasteiger partial charge on any atom is 0.240 e. The number of rotatable bonds is 4. The van der Waals surface area contributed by atoms with E-state index in [0.29, 0.717) is 25.9 Å². The number of hydrogen-bond acceptors (Lipinski definition) is 4. The van der Waals surface area contributed by atoms with Gasteiger partial charge >= 0.3 is 0 Å². The van der Waals surface area contributed by atoms with Crippen molar-refractivity contribution in [1.29, 1.82) is 0 Å². The number of nitrogens with two attached hydrogens (primary N) is 1. The highest BCUT2D eigenvalue weighted by atomic mass is 35.5. The molecule has 1 aliphatic heterocycles. The van der Waals surface area contributed by atoms with Crippen LogP contribution >= 0.6 is 12.4 Å². The van der Waals surface area contributed by atoms with Crippen molar-refractivity contribution in [3.63, 3.8) is 0 Å². The Hall–Kier alpha value is -0.370. The van der Waals surface area contributed by atoms with Crippen LogP contribution in [0, 0.1) is 0 Å². The number of amides is 1. The average Bonchev–Trinajstić information content (AvgIpc) is 2.88. The summed E-state index contributed by atoms with van der Waals surface area (Å²) in [5.74, 6) is 0.0717. The summed E-state index contributed by atoms with van der Waals surface area (Å²) in [6.07, 6.45) is 4.86. The number of hydrogen-bond donors (Lipinski definition) is 2. The van der Waals surface area contributed by atoms with E-state index in [-0.39, 0.29) is 30.1 Å². The number of nitrogens with zero attached hydrogens (tertiary/aromatic N) is 1. The quantitative estimate of drug-likeness (QED) is 0.785. The Balaban J connectivity index is 0.00000220. The van der Waals surface area contributed by atoms with Crippen LogP contribution in [-0.4, -0.2) is 49.1 Å². The first kappa shape index (κ1) is 18.7. The Kier molecular flexibility index (Phi) is 6.46. The van der Waals surface area contributed by atoms with Gasteiger partial charge < -0.3 is 11.1 Å². The molecule has 0 aromatic rings. The monoisotopic (exact) mass is 339 g/mol. The van der Waals surface area contributed by atoms with Gasteiger partial charge in [0.1, 0.15) is 0 Å². The molecule has 1 heterocycles. The zero-order valence-corrected chi connectivity index (χ0v) is 14.1. The number of carbonyl (C=O) groups is 1. The smallest absolute Gasteiger partial charge is 0.240 e. The van der Waals surface area contributed by atoms with Gasteiger partial charge in [-0.3, -0.25) is 4.79 Å². The fraction of sp³-hybridized carbons (Fsp3) is 0.923. The maximum absolute atomic E-state index is 12.2. The minimum absolute atomic E-state index is 0. The molecule has 0 bridgehead atoms. The van der Waals surface area contributed by atoms with Crippen molar-refractivity contribution in [3.8, 4) is 0 Å². The molecule has 21 heavy (non-hydrogen) atoms. The molecule has 6 nitrogen and oxygen atoms in total. The van der Waals surface area contributed by atoms with Gasteiger partial charge in [-0.25, -0.2) is 12.7 Å². The average molecular weight is 340 g/mol. The lowest BCUT2D eigenvalue weighted by molar-refractivity contribution is -0.127. The van der Waals surface area contributed by atoms with Crippen LogP contribution in [0.3, 0.4) is 0 Å². The number of carbonyl (C=O) groups excluding carboxylic acids is 1. The molecule has 1 saturated heterocycles. The molecule has 3 N–H and O–H groups in total. The topological polar surface area (TPSA) is 92.5 Å². The molecule has 0 unspecified atom stereocenters. The summed E-state index contributed by atoms with van der Waals surface area (Å²) in [6, 6.07) is 0.0480. The SMILES string of the molecule is CCS(=O)(=O)N1CCC(NC(=O)C2(N)CCCC2)CC1.Cl. The van der Waals surface area contributed by atoms with E-state index in [4.69, 9.17) is 5.73 Å². The molecule has 1 aliphatic carbocycles. The Morgan fingerprint density at radius 1 is 1.29 bits per heavy atom. The number of halogens is 1. The third-order valence-corrected chi connectivity index (χ3v) is 6.38. The van der Waals surface area contributed by atoms with Crippen LogP contribution in [0.5, 0.6) is 0 Å². The summed E-state index contributed by atoms with van der Waals surface area (Å²) >= 11 is 0. The van der Waals surface area contributed by atoms with Crippen molar-refractivity contribution in [1.82, 2.24) is 9.62 Å². The van der Waals surface area contributed by atoms with Gasteiger partial charge in [0.25, 0.3) is 0 Å². The maximum atomic E-state index is 12.2. The molecule has 124 valence electrons. The number of nitrogens with one attached hydrogen (secondary N) is 1. The summed E-state index contributed by atoms with van der Waals surface area (Å²) in [5, 5.41) is 3.01. The van der Waals surface area contributed by atoms with Gasteiger partial charge in [0.05, 0.1) is 11.3 Å². The highest BCUT2D eigenvalue weighted by Crippen LogP contribution is 2.27. The first-order valence-corrected chi connectivity index (χ1v) is 9.06. The van der Waals surface area contributed by atoms with Crippen LogP contribution in [0.2, 0.25) is 0 Å². The largest absolute Gasteiger partial charge is 0.352 e. The van der Waals surface area contributed by atoms with Crippen molar-refractivity contribution in [2.24, 2.45) is 5.73 Å². The van der Waals surface area contributed by atoms with Crippen LogP contribution in [0.4, 0.5) is 0 Å². The molecule has 2 fully saturated rings. The second-order valence-electron chi connectivity index (χ2n) is 5.91. The highest BCUT2D eigenvalue weighted by Gasteiger charge is 2.38. The number of piperidine rings is 1. The predicted molar refractivity (Wildman–Crippen MR) is 84.8 cm³/mol. The molecule has 0 spiro atoms. The highest BCUT2D eigenvalue weighted by molar-refractivity contribution is 7.89. The lowest BCUT2D eigenvalue weighted by atomic mass is 9.96. The Morgan fingerprint density at radius 3 is 2.29 bits per heavy atom. The Bertz CT molecular complexity index is 455. The zero-order chi connectivity index (χ0) is 14.8. The van der Waals surface area contributed by atoms with E-state index >= 15 is 0 Å². The molecular formula is C13H26ClN3O3S. The van der Waals surface area contributed by atoms with Crippen LogP contribution < -0.4 is 11.1 Å². The van der Waals surface area contributed by atoms with Gasteiger partial charge in [0, 0.05) is 19.1 Å². The van der Waals surface area contributed by atoms with Gasteiger partial charge in [-0.2, -0.15) is 0 Å². The van der Waals surface area contributed by atoms with E-state index in [0.717, 1.165) is 25.7 Å². The lowest BCUT2D eigenvalue weighted by Gasteiger charge is -2.33. The van der Waals surface area contributed by atoms with Crippen molar-refractivity contribution in [3.05, 3.63) is 0 Å². The molecule has 2 rings (SSSR count). The second kappa shape index (κ2) is 7.26. The van der Waals surface area contributed by atoms with Crippen molar-refractivity contribution in [2.75, 3.05) is 18.8 Å². The molecule has 1 saturated carbocycles. The molecule has 8 heteroatoms. The van der Waals surface area contributed by atoms with E-state index < -0.39 is 15.6 Å². The molecular weight excluding hydrogens is 314 g/mol. The second-order valence-corrected chi connectivity index (χ2v) is 8.17. The van der Waals surface area contributed by atoms with E-state index in [1.54, 1.807) is 6.92 Å². The summed E-state index contributed by atoms with van der Waals surface area (Å²) in [6.45, 7) is 2.62. The van der Waals surface area contributed by atoms with E-state index in [2.05, 4.69) is 5.32 Å². The van der Waals surface area contributed by atoms with Crippen molar-refractivity contribution < 1.29 is 13.2 Å². The normalized spacial score (nSPS) is 23.5. The Morgan fingerprint density at radius 2 is 1.81 bits per heavy atom. The molecule has 0 aromatic heterocycles. The lowest BCUT2D eigenvalue weighted by Crippen LogP contribution is -2.56. The summed E-state index contributed by atoms with van der Waals surface area (Å²) in [5.41, 5.74) is 5.42. The number of sulfonamides is 1. The fourth-order valence-corrected chi connectivity index (χ4v) is 4.16. The zero-order valence-electron chi connectivity index (χ0n) is 12.5. The summed E-state index contributed by atoms with van der Waals surface area (Å²) in [7, 11) is -3.10. The van der Waals surface area contributed by atoms with Crippen LogP contribution in [0.1, 0.15) is 45.4 Å². The van der Waals surface area contributed by atoms with E-state index in [9.17, 15) is 13.2 Å². The van der Waals surface area contributed by atoms with E-state index in [1.807, 2.05) is 0 Å². The van der Waals surface area contributed by atoms with Crippen molar-refractivity contribution in [2.45, 2.75) is 57.0 Å². The molecule has 0 aromatic carbocycles. The van der Waals surface area contributed by atoms with Gasteiger partial charge in [0.15, 0.2) is 0 Å². The van der Waals surface area contributed by atoms with Crippen molar-refractivity contribution >= 4 is 28.3 Å². The molecule has 2 aliphatic rings. The summed E-state index contributed by atoms with van der Waals surface area (Å²) < 4.78 is 25.0. The third-order valence-electron chi connectivity index (χ3n) is 4.50.